The first-order chi connectivity index (χ1) is 26.3. The van der Waals surface area contributed by atoms with E-state index in [1.165, 1.54) is 16.8 Å². The van der Waals surface area contributed by atoms with Crippen molar-refractivity contribution < 1.29 is 33.3 Å². The molecule has 5 aromatic rings. The van der Waals surface area contributed by atoms with Gasteiger partial charge in [-0.3, -0.25) is 9.36 Å². The SMILES string of the molecule is COc1ccc(C(OC[C@H]2O[C@@H](n3ccc(NC(=O)c4ccccc4)nc3=O)[C@H](O)[C@@H]2O[Si](C)(C)C(C)(C)C)(c2ccccc2)c2ccc(OC)cc2)cc1. The van der Waals surface area contributed by atoms with E-state index in [9.17, 15) is 14.7 Å². The summed E-state index contributed by atoms with van der Waals surface area (Å²) in [6.07, 6.45) is -2.65. The molecule has 2 heterocycles. The van der Waals surface area contributed by atoms with Crippen LogP contribution in [0.4, 0.5) is 5.82 Å². The molecule has 1 fully saturated rings. The number of nitrogens with one attached hydrogen (secondary N) is 1. The largest absolute Gasteiger partial charge is 0.497 e. The number of aliphatic hydroxyl groups excluding tert-OH is 1. The van der Waals surface area contributed by atoms with E-state index in [-0.39, 0.29) is 17.5 Å². The lowest BCUT2D eigenvalue weighted by Gasteiger charge is -2.41. The summed E-state index contributed by atoms with van der Waals surface area (Å²) in [5.41, 5.74) is 1.07. The van der Waals surface area contributed by atoms with Crippen LogP contribution in [-0.4, -0.2) is 68.0 Å². The summed E-state index contributed by atoms with van der Waals surface area (Å²) in [6, 6.07) is 35.5. The maximum absolute atomic E-state index is 13.6. The molecule has 1 aliphatic rings. The predicted octanol–water partition coefficient (Wildman–Crippen LogP) is 7.17. The number of hydrogen-bond acceptors (Lipinski definition) is 9. The van der Waals surface area contributed by atoms with E-state index in [2.05, 4.69) is 44.2 Å². The first kappa shape index (κ1) is 39.6. The van der Waals surface area contributed by atoms with Crippen molar-refractivity contribution in [2.75, 3.05) is 26.1 Å². The molecular weight excluding hydrogens is 715 g/mol. The van der Waals surface area contributed by atoms with Crippen molar-refractivity contribution in [1.82, 2.24) is 9.55 Å². The number of anilines is 1. The fraction of sp³-hybridized carbons (Fsp3) is 0.326. The van der Waals surface area contributed by atoms with Crippen LogP contribution in [0.5, 0.6) is 11.5 Å². The third-order valence-corrected chi connectivity index (χ3v) is 15.0. The van der Waals surface area contributed by atoms with Crippen molar-refractivity contribution in [3.8, 4) is 11.5 Å². The van der Waals surface area contributed by atoms with Crippen molar-refractivity contribution >= 4 is 20.0 Å². The van der Waals surface area contributed by atoms with Crippen LogP contribution in [0, 0.1) is 0 Å². The molecular formula is C43H49N3O8Si. The lowest BCUT2D eigenvalue weighted by atomic mass is 9.80. The maximum atomic E-state index is 13.6. The second-order valence-electron chi connectivity index (χ2n) is 15.0. The van der Waals surface area contributed by atoms with Gasteiger partial charge in [0.25, 0.3) is 5.91 Å². The van der Waals surface area contributed by atoms with Gasteiger partial charge < -0.3 is 33.8 Å². The van der Waals surface area contributed by atoms with E-state index in [1.54, 1.807) is 38.5 Å². The van der Waals surface area contributed by atoms with Crippen molar-refractivity contribution in [2.45, 2.75) is 69.0 Å². The first-order valence-corrected chi connectivity index (χ1v) is 21.1. The van der Waals surface area contributed by atoms with Crippen LogP contribution < -0.4 is 20.5 Å². The minimum Gasteiger partial charge on any atom is -0.497 e. The fourth-order valence-corrected chi connectivity index (χ4v) is 7.81. The smallest absolute Gasteiger partial charge is 0.351 e. The van der Waals surface area contributed by atoms with Crippen LogP contribution >= 0.6 is 0 Å². The Hall–Kier alpha value is -5.11. The minimum atomic E-state index is -2.52. The zero-order chi connectivity index (χ0) is 39.4. The lowest BCUT2D eigenvalue weighted by Crippen LogP contribution is -2.50. The highest BCUT2D eigenvalue weighted by Crippen LogP contribution is 2.45. The fourth-order valence-electron chi connectivity index (χ4n) is 6.48. The molecule has 0 spiro atoms. The Morgan fingerprint density at radius 3 is 1.85 bits per heavy atom. The van der Waals surface area contributed by atoms with Gasteiger partial charge >= 0.3 is 5.69 Å². The standard InChI is InChI=1S/C43H49N3O8Si/c1-42(2,3)55(6,7)54-38-35(53-40(37(38)47)46-27-26-36(45-41(46)49)44-39(48)29-14-10-8-11-15-29)28-52-43(30-16-12-9-13-17-30,31-18-22-33(50-4)23-19-31)32-20-24-34(51-5)25-21-32/h8-27,35,37-38,40,47H,28H2,1-7H3,(H,44,45,48,49)/t35-,37-,38-,40-/m1/s1. The number of nitrogens with zero attached hydrogens (tertiary/aromatic N) is 2. The molecule has 1 aliphatic heterocycles. The van der Waals surface area contributed by atoms with Gasteiger partial charge in [0.1, 0.15) is 41.2 Å². The Labute approximate surface area is 323 Å². The number of hydrogen-bond donors (Lipinski definition) is 2. The van der Waals surface area contributed by atoms with Gasteiger partial charge in [-0.1, -0.05) is 93.6 Å². The maximum Gasteiger partial charge on any atom is 0.351 e. The molecule has 12 heteroatoms. The third kappa shape index (κ3) is 8.29. The van der Waals surface area contributed by atoms with Gasteiger partial charge in [0, 0.05) is 11.8 Å². The topological polar surface area (TPSA) is 130 Å². The summed E-state index contributed by atoms with van der Waals surface area (Å²) in [6.45, 7) is 10.5. The van der Waals surface area contributed by atoms with Gasteiger partial charge in [-0.2, -0.15) is 4.98 Å². The highest BCUT2D eigenvalue weighted by atomic mass is 28.4. The molecule has 0 unspecified atom stereocenters. The lowest BCUT2D eigenvalue weighted by molar-refractivity contribution is -0.0947. The molecule has 0 aliphatic carbocycles. The van der Waals surface area contributed by atoms with Crippen LogP contribution in [0.25, 0.3) is 0 Å². The summed E-state index contributed by atoms with van der Waals surface area (Å²) in [5.74, 6) is 1.05. The van der Waals surface area contributed by atoms with Crippen LogP contribution in [0.2, 0.25) is 18.1 Å². The Morgan fingerprint density at radius 1 is 0.818 bits per heavy atom. The molecule has 1 aromatic heterocycles. The molecule has 1 saturated heterocycles. The second kappa shape index (κ2) is 16.3. The Balaban J connectivity index is 1.39. The highest BCUT2D eigenvalue weighted by Gasteiger charge is 2.51. The average Bonchev–Trinajstić information content (AvgIpc) is 3.48. The molecule has 1 amide bonds. The Kier molecular flexibility index (Phi) is 11.7. The van der Waals surface area contributed by atoms with Crippen molar-refractivity contribution in [3.63, 3.8) is 0 Å². The summed E-state index contributed by atoms with van der Waals surface area (Å²) >= 11 is 0. The number of carbonyl (C=O) groups is 1. The molecule has 0 bridgehead atoms. The van der Waals surface area contributed by atoms with Gasteiger partial charge in [-0.25, -0.2) is 4.79 Å². The summed E-state index contributed by atoms with van der Waals surface area (Å²) in [5, 5.41) is 14.5. The molecule has 4 atom stereocenters. The molecule has 0 radical (unpaired) electrons. The Bertz CT molecular complexity index is 2060. The Morgan fingerprint density at radius 2 is 1.35 bits per heavy atom. The van der Waals surface area contributed by atoms with E-state index < -0.39 is 50.1 Å². The van der Waals surface area contributed by atoms with Crippen LogP contribution in [-0.2, 0) is 19.5 Å². The van der Waals surface area contributed by atoms with Gasteiger partial charge in [-0.15, -0.1) is 0 Å². The predicted molar refractivity (Wildman–Crippen MR) is 213 cm³/mol. The van der Waals surface area contributed by atoms with Crippen LogP contribution in [0.1, 0.15) is 54.0 Å². The number of aromatic nitrogens is 2. The van der Waals surface area contributed by atoms with E-state index in [0.29, 0.717) is 17.1 Å². The van der Waals surface area contributed by atoms with Crippen LogP contribution in [0.3, 0.4) is 0 Å². The normalized spacial score (nSPS) is 18.8. The number of benzene rings is 4. The van der Waals surface area contributed by atoms with Gasteiger partial charge in [0.15, 0.2) is 14.5 Å². The number of aliphatic hydroxyl groups is 1. The summed E-state index contributed by atoms with van der Waals surface area (Å²) in [7, 11) is 0.724. The number of rotatable bonds is 13. The average molecular weight is 764 g/mol. The van der Waals surface area contributed by atoms with Crippen molar-refractivity contribution in [3.05, 3.63) is 154 Å². The monoisotopic (exact) mass is 763 g/mol. The number of carbonyl (C=O) groups excluding carboxylic acids is 1. The van der Waals surface area contributed by atoms with E-state index >= 15 is 0 Å². The molecule has 11 nitrogen and oxygen atoms in total. The molecule has 2 N–H and O–H groups in total. The van der Waals surface area contributed by atoms with Crippen molar-refractivity contribution in [2.24, 2.45) is 0 Å². The number of ether oxygens (including phenoxy) is 4. The first-order valence-electron chi connectivity index (χ1n) is 18.2. The molecule has 6 rings (SSSR count). The van der Waals surface area contributed by atoms with Gasteiger partial charge in [0.2, 0.25) is 0 Å². The number of methoxy groups -OCH3 is 2. The second-order valence-corrected chi connectivity index (χ2v) is 19.8. The minimum absolute atomic E-state index is 0.0345. The molecule has 4 aromatic carbocycles. The van der Waals surface area contributed by atoms with E-state index in [1.807, 2.05) is 84.9 Å². The third-order valence-electron chi connectivity index (χ3n) is 10.6. The molecule has 288 valence electrons. The highest BCUT2D eigenvalue weighted by molar-refractivity contribution is 6.74. The molecule has 55 heavy (non-hydrogen) atoms. The van der Waals surface area contributed by atoms with Gasteiger partial charge in [-0.05, 0) is 77.3 Å². The number of amides is 1. The van der Waals surface area contributed by atoms with Gasteiger partial charge in [0.05, 0.1) is 20.8 Å². The molecule has 0 saturated carbocycles. The zero-order valence-electron chi connectivity index (χ0n) is 32.3. The summed E-state index contributed by atoms with van der Waals surface area (Å²) < 4.78 is 32.9. The summed E-state index contributed by atoms with van der Waals surface area (Å²) in [4.78, 5) is 30.4. The quantitative estimate of drug-likeness (QED) is 0.0947. The van der Waals surface area contributed by atoms with Crippen LogP contribution in [0.15, 0.2) is 126 Å². The van der Waals surface area contributed by atoms with E-state index in [0.717, 1.165) is 16.7 Å². The zero-order valence-corrected chi connectivity index (χ0v) is 33.3. The van der Waals surface area contributed by atoms with Crippen molar-refractivity contribution in [1.29, 1.82) is 0 Å². The van der Waals surface area contributed by atoms with E-state index in [4.69, 9.17) is 23.4 Å².